The molecule has 1 N–H and O–H groups in total. The van der Waals surface area contributed by atoms with Crippen molar-refractivity contribution in [2.24, 2.45) is 0 Å². The van der Waals surface area contributed by atoms with E-state index in [1.165, 1.54) is 6.07 Å². The minimum atomic E-state index is -1.06. The summed E-state index contributed by atoms with van der Waals surface area (Å²) in [5.41, 5.74) is 0.0660. The van der Waals surface area contributed by atoms with Crippen molar-refractivity contribution in [3.8, 4) is 17.3 Å². The van der Waals surface area contributed by atoms with Gasteiger partial charge in [-0.25, -0.2) is 9.78 Å². The summed E-state index contributed by atoms with van der Waals surface area (Å²) in [5.74, 6) is -0.812. The Hall–Kier alpha value is -4.22. The standard InChI is InChI=1S/C34H47N5O7/c1-7-44-33(43)39-21-22(2)38(20-23(39)3)32(42)26(17-18-29(40)46-34(4,5)6)36-31(41)27-19-28(45-25-15-11-12-16-25)37-30(35-27)24-13-9-8-10-14-24/h8-10,13-14,19,22-23,25-26H,7,11-12,15-18,20-21H2,1-6H3,(H,36,41)/t22?,23?,26-/m0/s1. The van der Waals surface area contributed by atoms with Crippen LogP contribution in [0.25, 0.3) is 11.4 Å². The van der Waals surface area contributed by atoms with E-state index in [0.717, 1.165) is 25.7 Å². The summed E-state index contributed by atoms with van der Waals surface area (Å²) >= 11 is 0. The third-order valence-corrected chi connectivity index (χ3v) is 7.99. The number of nitrogens with zero attached hydrogens (tertiary/aromatic N) is 4. The SMILES string of the molecule is CCOC(=O)N1CC(C)N(C(=O)[C@H](CCC(=O)OC(C)(C)C)NC(=O)c2cc(OC3CCCC3)nc(-c3ccccc3)n2)CC1C. The Balaban J connectivity index is 1.59. The molecule has 3 amide bonds. The molecule has 4 rings (SSSR count). The number of benzene rings is 1. The lowest BCUT2D eigenvalue weighted by molar-refractivity contribution is -0.155. The van der Waals surface area contributed by atoms with Crippen LogP contribution < -0.4 is 10.1 Å². The molecule has 0 bridgehead atoms. The van der Waals surface area contributed by atoms with Gasteiger partial charge in [0.1, 0.15) is 23.4 Å². The number of carbonyl (C=O) groups is 4. The van der Waals surface area contributed by atoms with E-state index in [0.29, 0.717) is 17.3 Å². The fourth-order valence-electron chi connectivity index (χ4n) is 5.73. The number of nitrogens with one attached hydrogen (secondary N) is 1. The molecule has 12 heteroatoms. The molecule has 2 aliphatic rings. The number of ether oxygens (including phenoxy) is 3. The van der Waals surface area contributed by atoms with Gasteiger partial charge >= 0.3 is 12.1 Å². The lowest BCUT2D eigenvalue weighted by Gasteiger charge is -2.44. The number of amides is 3. The molecule has 250 valence electrons. The fourth-order valence-corrected chi connectivity index (χ4v) is 5.73. The smallest absolute Gasteiger partial charge is 0.410 e. The van der Waals surface area contributed by atoms with E-state index in [4.69, 9.17) is 14.2 Å². The molecule has 2 aromatic rings. The number of hydrogen-bond acceptors (Lipinski definition) is 9. The van der Waals surface area contributed by atoms with Crippen molar-refractivity contribution in [1.29, 1.82) is 0 Å². The van der Waals surface area contributed by atoms with E-state index >= 15 is 0 Å². The Morgan fingerprint density at radius 1 is 0.978 bits per heavy atom. The monoisotopic (exact) mass is 637 g/mol. The van der Waals surface area contributed by atoms with Gasteiger partial charge in [0.25, 0.3) is 5.91 Å². The second-order valence-electron chi connectivity index (χ2n) is 13.0. The lowest BCUT2D eigenvalue weighted by atomic mass is 10.0. The van der Waals surface area contributed by atoms with Crippen LogP contribution in [0.1, 0.15) is 90.6 Å². The van der Waals surface area contributed by atoms with Crippen molar-refractivity contribution in [2.45, 2.75) is 110 Å². The molecule has 2 heterocycles. The van der Waals surface area contributed by atoms with Crippen LogP contribution in [0, 0.1) is 0 Å². The zero-order valence-electron chi connectivity index (χ0n) is 27.8. The molecule has 1 aromatic carbocycles. The Morgan fingerprint density at radius 3 is 2.28 bits per heavy atom. The van der Waals surface area contributed by atoms with Gasteiger partial charge in [0.05, 0.1) is 6.61 Å². The summed E-state index contributed by atoms with van der Waals surface area (Å²) in [6.07, 6.45) is 3.46. The van der Waals surface area contributed by atoms with E-state index in [1.54, 1.807) is 37.5 Å². The first-order valence-electron chi connectivity index (χ1n) is 16.2. The second-order valence-corrected chi connectivity index (χ2v) is 13.0. The first kappa shape index (κ1) is 34.6. The van der Waals surface area contributed by atoms with Crippen LogP contribution in [0.3, 0.4) is 0 Å². The Morgan fingerprint density at radius 2 is 1.63 bits per heavy atom. The molecule has 2 fully saturated rings. The van der Waals surface area contributed by atoms with E-state index in [2.05, 4.69) is 15.3 Å². The van der Waals surface area contributed by atoms with Crippen LogP contribution in [-0.4, -0.2) is 93.2 Å². The third kappa shape index (κ3) is 9.40. The zero-order valence-corrected chi connectivity index (χ0v) is 27.8. The molecular formula is C34H47N5O7. The summed E-state index contributed by atoms with van der Waals surface area (Å²) < 4.78 is 16.8. The molecule has 3 atom stereocenters. The number of hydrogen-bond donors (Lipinski definition) is 1. The Bertz CT molecular complexity index is 1370. The van der Waals surface area contributed by atoms with Crippen LogP contribution in [0.15, 0.2) is 36.4 Å². The minimum absolute atomic E-state index is 0.00865. The van der Waals surface area contributed by atoms with Crippen molar-refractivity contribution >= 4 is 23.9 Å². The number of carbonyl (C=O) groups excluding carboxylic acids is 4. The van der Waals surface area contributed by atoms with E-state index < -0.39 is 29.6 Å². The zero-order chi connectivity index (χ0) is 33.4. The van der Waals surface area contributed by atoms with Crippen LogP contribution in [0.4, 0.5) is 4.79 Å². The number of rotatable bonds is 10. The van der Waals surface area contributed by atoms with Crippen LogP contribution in [-0.2, 0) is 19.1 Å². The van der Waals surface area contributed by atoms with Crippen molar-refractivity contribution < 1.29 is 33.4 Å². The molecule has 1 saturated carbocycles. The summed E-state index contributed by atoms with van der Waals surface area (Å²) in [6.45, 7) is 11.5. The summed E-state index contributed by atoms with van der Waals surface area (Å²) in [4.78, 5) is 65.5. The first-order chi connectivity index (χ1) is 21.8. The van der Waals surface area contributed by atoms with Crippen LogP contribution in [0.2, 0.25) is 0 Å². The van der Waals surface area contributed by atoms with Crippen molar-refractivity contribution in [3.05, 3.63) is 42.1 Å². The molecule has 1 saturated heterocycles. The Labute approximate surface area is 271 Å². The molecular weight excluding hydrogens is 590 g/mol. The quantitative estimate of drug-likeness (QED) is 0.365. The van der Waals surface area contributed by atoms with Gasteiger partial charge in [0.2, 0.25) is 11.8 Å². The van der Waals surface area contributed by atoms with Gasteiger partial charge < -0.3 is 29.3 Å². The van der Waals surface area contributed by atoms with E-state index in [-0.39, 0.29) is 62.3 Å². The molecule has 12 nitrogen and oxygen atoms in total. The lowest BCUT2D eigenvalue weighted by Crippen LogP contribution is -2.62. The number of aromatic nitrogens is 2. The highest BCUT2D eigenvalue weighted by Gasteiger charge is 2.38. The van der Waals surface area contributed by atoms with Gasteiger partial charge in [0.15, 0.2) is 5.82 Å². The molecule has 0 spiro atoms. The predicted molar refractivity (Wildman–Crippen MR) is 171 cm³/mol. The molecule has 2 unspecified atom stereocenters. The fraction of sp³-hybridized carbons (Fsp3) is 0.588. The van der Waals surface area contributed by atoms with Crippen LogP contribution in [0.5, 0.6) is 5.88 Å². The van der Waals surface area contributed by atoms with E-state index in [9.17, 15) is 19.2 Å². The highest BCUT2D eigenvalue weighted by atomic mass is 16.6. The first-order valence-corrected chi connectivity index (χ1v) is 16.2. The van der Waals surface area contributed by atoms with E-state index in [1.807, 2.05) is 44.2 Å². The van der Waals surface area contributed by atoms with Crippen LogP contribution >= 0.6 is 0 Å². The highest BCUT2D eigenvalue weighted by molar-refractivity contribution is 5.97. The van der Waals surface area contributed by atoms with Crippen molar-refractivity contribution in [3.63, 3.8) is 0 Å². The topological polar surface area (TPSA) is 140 Å². The maximum absolute atomic E-state index is 14.1. The molecule has 0 radical (unpaired) electrons. The van der Waals surface area contributed by atoms with Gasteiger partial charge in [-0.05, 0) is 73.6 Å². The Kier molecular flexibility index (Phi) is 11.6. The maximum atomic E-state index is 14.1. The maximum Gasteiger partial charge on any atom is 0.410 e. The summed E-state index contributed by atoms with van der Waals surface area (Å²) in [7, 11) is 0. The summed E-state index contributed by atoms with van der Waals surface area (Å²) in [5, 5.41) is 2.85. The normalized spacial score (nSPS) is 19.3. The average molecular weight is 638 g/mol. The van der Waals surface area contributed by atoms with Gasteiger partial charge in [-0.2, -0.15) is 4.98 Å². The van der Waals surface area contributed by atoms with Gasteiger partial charge in [-0.1, -0.05) is 30.3 Å². The second kappa shape index (κ2) is 15.4. The van der Waals surface area contributed by atoms with Gasteiger partial charge in [-0.3, -0.25) is 14.4 Å². The third-order valence-electron chi connectivity index (χ3n) is 7.99. The predicted octanol–water partition coefficient (Wildman–Crippen LogP) is 4.76. The molecule has 1 aliphatic heterocycles. The largest absolute Gasteiger partial charge is 0.474 e. The van der Waals surface area contributed by atoms with Gasteiger partial charge in [0, 0.05) is 43.2 Å². The summed E-state index contributed by atoms with van der Waals surface area (Å²) in [6, 6.07) is 9.07. The molecule has 1 aromatic heterocycles. The van der Waals surface area contributed by atoms with Gasteiger partial charge in [-0.15, -0.1) is 0 Å². The number of esters is 1. The number of piperazine rings is 1. The molecule has 1 aliphatic carbocycles. The molecule has 46 heavy (non-hydrogen) atoms. The van der Waals surface area contributed by atoms with Crippen molar-refractivity contribution in [2.75, 3.05) is 19.7 Å². The van der Waals surface area contributed by atoms with Crippen molar-refractivity contribution in [1.82, 2.24) is 25.1 Å². The highest BCUT2D eigenvalue weighted by Crippen LogP contribution is 2.26. The average Bonchev–Trinajstić information content (AvgIpc) is 3.52. The minimum Gasteiger partial charge on any atom is -0.474 e.